The van der Waals surface area contributed by atoms with Crippen LogP contribution in [0.5, 0.6) is 0 Å². The number of hydrogen-bond acceptors (Lipinski definition) is 2. The Morgan fingerprint density at radius 2 is 2.13 bits per heavy atom. The van der Waals surface area contributed by atoms with E-state index in [0.717, 1.165) is 25.4 Å². The minimum Gasteiger partial charge on any atom is -0.317 e. The molecule has 1 aliphatic heterocycles. The molecule has 0 radical (unpaired) electrons. The average Bonchev–Trinajstić information content (AvgIpc) is 2.25. The number of rotatable bonds is 3. The largest absolute Gasteiger partial charge is 0.317 e. The SMILES string of the molecule is CC(C[C@@H]1CCC12CCNCC2)S(N)=O. The van der Waals surface area contributed by atoms with Crippen LogP contribution in [0.15, 0.2) is 0 Å². The van der Waals surface area contributed by atoms with Crippen molar-refractivity contribution in [1.29, 1.82) is 0 Å². The first-order valence-corrected chi connectivity index (χ1v) is 7.27. The molecule has 1 aliphatic carbocycles. The van der Waals surface area contributed by atoms with Crippen molar-refractivity contribution in [2.24, 2.45) is 16.5 Å². The maximum atomic E-state index is 11.2. The molecular weight excluding hydrogens is 208 g/mol. The third kappa shape index (κ3) is 2.27. The number of hydrogen-bond donors (Lipinski definition) is 2. The molecule has 2 aliphatic rings. The minimum absolute atomic E-state index is 0.169. The van der Waals surface area contributed by atoms with Crippen LogP contribution in [0.2, 0.25) is 0 Å². The van der Waals surface area contributed by atoms with Gasteiger partial charge in [0.15, 0.2) is 0 Å². The lowest BCUT2D eigenvalue weighted by molar-refractivity contribution is -0.00719. The monoisotopic (exact) mass is 230 g/mol. The molecule has 0 aromatic rings. The highest BCUT2D eigenvalue weighted by Gasteiger charge is 2.47. The van der Waals surface area contributed by atoms with E-state index < -0.39 is 11.0 Å². The Balaban J connectivity index is 1.90. The number of nitrogens with two attached hydrogens (primary N) is 1. The van der Waals surface area contributed by atoms with Crippen molar-refractivity contribution in [1.82, 2.24) is 5.32 Å². The summed E-state index contributed by atoms with van der Waals surface area (Å²) in [5, 5.41) is 9.03. The summed E-state index contributed by atoms with van der Waals surface area (Å²) in [4.78, 5) is 0. The Hall–Kier alpha value is 0.0700. The maximum Gasteiger partial charge on any atom is 0.0916 e. The Bertz CT molecular complexity index is 251. The van der Waals surface area contributed by atoms with E-state index in [1.807, 2.05) is 6.92 Å². The fraction of sp³-hybridized carbons (Fsp3) is 1.00. The van der Waals surface area contributed by atoms with E-state index >= 15 is 0 Å². The van der Waals surface area contributed by atoms with E-state index in [4.69, 9.17) is 5.14 Å². The van der Waals surface area contributed by atoms with E-state index in [1.165, 1.54) is 25.7 Å². The van der Waals surface area contributed by atoms with Crippen LogP contribution in [-0.4, -0.2) is 22.5 Å². The van der Waals surface area contributed by atoms with Gasteiger partial charge in [-0.25, -0.2) is 4.21 Å². The third-order valence-corrected chi connectivity index (χ3v) is 5.45. The van der Waals surface area contributed by atoms with Crippen molar-refractivity contribution in [3.05, 3.63) is 0 Å². The zero-order chi connectivity index (χ0) is 10.9. The van der Waals surface area contributed by atoms with Crippen LogP contribution in [0.25, 0.3) is 0 Å². The van der Waals surface area contributed by atoms with Gasteiger partial charge < -0.3 is 5.32 Å². The van der Waals surface area contributed by atoms with Gasteiger partial charge in [-0.3, -0.25) is 5.14 Å². The second-order valence-corrected chi connectivity index (χ2v) is 6.68. The molecule has 0 aromatic heterocycles. The predicted octanol–water partition coefficient (Wildman–Crippen LogP) is 1.17. The molecule has 4 heteroatoms. The van der Waals surface area contributed by atoms with E-state index in [0.29, 0.717) is 5.41 Å². The van der Waals surface area contributed by atoms with Crippen LogP contribution in [0.4, 0.5) is 0 Å². The highest BCUT2D eigenvalue weighted by Crippen LogP contribution is 2.54. The van der Waals surface area contributed by atoms with Gasteiger partial charge in [0.25, 0.3) is 0 Å². The fourth-order valence-corrected chi connectivity index (χ4v) is 3.62. The first-order chi connectivity index (χ1) is 7.14. The average molecular weight is 230 g/mol. The molecule has 15 heavy (non-hydrogen) atoms. The molecule has 1 heterocycles. The maximum absolute atomic E-state index is 11.2. The summed E-state index contributed by atoms with van der Waals surface area (Å²) < 4.78 is 11.2. The molecule has 3 N–H and O–H groups in total. The molecule has 1 saturated carbocycles. The van der Waals surface area contributed by atoms with Crippen LogP contribution in [0.3, 0.4) is 0 Å². The first kappa shape index (κ1) is 11.6. The number of piperidine rings is 1. The zero-order valence-electron chi connectivity index (χ0n) is 9.50. The highest BCUT2D eigenvalue weighted by atomic mass is 32.2. The highest BCUT2D eigenvalue weighted by molar-refractivity contribution is 7.83. The second kappa shape index (κ2) is 4.52. The summed E-state index contributed by atoms with van der Waals surface area (Å²) in [7, 11) is -1.14. The lowest BCUT2D eigenvalue weighted by atomic mass is 9.54. The van der Waals surface area contributed by atoms with Crippen molar-refractivity contribution in [2.45, 2.75) is 44.3 Å². The Morgan fingerprint density at radius 3 is 2.60 bits per heavy atom. The zero-order valence-corrected chi connectivity index (χ0v) is 10.3. The normalized spacial score (nSPS) is 33.3. The van der Waals surface area contributed by atoms with Gasteiger partial charge >= 0.3 is 0 Å². The van der Waals surface area contributed by atoms with Crippen molar-refractivity contribution in [3.63, 3.8) is 0 Å². The summed E-state index contributed by atoms with van der Waals surface area (Å²) in [6.07, 6.45) is 6.37. The van der Waals surface area contributed by atoms with Crippen LogP contribution in [-0.2, 0) is 11.0 Å². The molecule has 1 saturated heterocycles. The van der Waals surface area contributed by atoms with Gasteiger partial charge in [-0.05, 0) is 63.5 Å². The molecule has 88 valence electrons. The molecule has 3 nitrogen and oxygen atoms in total. The Kier molecular flexibility index (Phi) is 3.48. The summed E-state index contributed by atoms with van der Waals surface area (Å²) >= 11 is 0. The molecule has 2 unspecified atom stereocenters. The van der Waals surface area contributed by atoms with E-state index in [2.05, 4.69) is 5.32 Å². The first-order valence-electron chi connectivity index (χ1n) is 6.00. The fourth-order valence-electron chi connectivity index (χ4n) is 3.20. The predicted molar refractivity (Wildman–Crippen MR) is 63.7 cm³/mol. The van der Waals surface area contributed by atoms with Crippen molar-refractivity contribution in [2.75, 3.05) is 13.1 Å². The van der Waals surface area contributed by atoms with Crippen molar-refractivity contribution >= 4 is 11.0 Å². The van der Waals surface area contributed by atoms with Crippen LogP contribution in [0.1, 0.15) is 39.0 Å². The number of nitrogens with one attached hydrogen (secondary N) is 1. The lowest BCUT2D eigenvalue weighted by Crippen LogP contribution is -2.49. The van der Waals surface area contributed by atoms with Gasteiger partial charge in [-0.1, -0.05) is 0 Å². The molecule has 0 aromatic carbocycles. The van der Waals surface area contributed by atoms with Gasteiger partial charge in [0.05, 0.1) is 11.0 Å². The standard InChI is InChI=1S/C11H22N2OS/c1-9(15(12)14)8-10-2-3-11(10)4-6-13-7-5-11/h9-10,13H,2-8,12H2,1H3/t9?,10-,15?/m0/s1. The molecule has 1 spiro atoms. The topological polar surface area (TPSA) is 55.1 Å². The molecule has 3 atom stereocenters. The Morgan fingerprint density at radius 1 is 1.47 bits per heavy atom. The summed E-state index contributed by atoms with van der Waals surface area (Å²) in [6.45, 7) is 4.34. The van der Waals surface area contributed by atoms with Gasteiger partial charge in [0.2, 0.25) is 0 Å². The third-order valence-electron chi connectivity index (χ3n) is 4.47. The quantitative estimate of drug-likeness (QED) is 0.764. The van der Waals surface area contributed by atoms with Crippen LogP contribution in [0, 0.1) is 11.3 Å². The van der Waals surface area contributed by atoms with E-state index in [9.17, 15) is 4.21 Å². The van der Waals surface area contributed by atoms with Gasteiger partial charge in [0.1, 0.15) is 0 Å². The summed E-state index contributed by atoms with van der Waals surface area (Å²) in [6, 6.07) is 0. The summed E-state index contributed by atoms with van der Waals surface area (Å²) in [5.41, 5.74) is 0.582. The summed E-state index contributed by atoms with van der Waals surface area (Å²) in [5.74, 6) is 0.780. The van der Waals surface area contributed by atoms with Gasteiger partial charge in [0, 0.05) is 5.25 Å². The van der Waals surface area contributed by atoms with Gasteiger partial charge in [-0.2, -0.15) is 0 Å². The smallest absolute Gasteiger partial charge is 0.0916 e. The molecule has 2 fully saturated rings. The Labute approximate surface area is 94.8 Å². The van der Waals surface area contributed by atoms with E-state index in [1.54, 1.807) is 0 Å². The second-order valence-electron chi connectivity index (χ2n) is 5.22. The van der Waals surface area contributed by atoms with Crippen molar-refractivity contribution in [3.8, 4) is 0 Å². The van der Waals surface area contributed by atoms with Crippen LogP contribution < -0.4 is 10.5 Å². The minimum atomic E-state index is -1.14. The molecule has 0 amide bonds. The molecule has 0 bridgehead atoms. The molecular formula is C11H22N2OS. The molecule has 2 rings (SSSR count). The van der Waals surface area contributed by atoms with E-state index in [-0.39, 0.29) is 5.25 Å². The lowest BCUT2D eigenvalue weighted by Gasteiger charge is -2.53. The van der Waals surface area contributed by atoms with Crippen molar-refractivity contribution < 1.29 is 4.21 Å². The van der Waals surface area contributed by atoms with Crippen LogP contribution >= 0.6 is 0 Å². The van der Waals surface area contributed by atoms with Gasteiger partial charge in [-0.15, -0.1) is 0 Å².